The topological polar surface area (TPSA) is 60.9 Å². The van der Waals surface area contributed by atoms with E-state index in [1.165, 1.54) is 4.70 Å². The Hall–Kier alpha value is -4.81. The maximum absolute atomic E-state index is 13.4. The quantitative estimate of drug-likeness (QED) is 0.227. The largest absolute Gasteiger partial charge is 0.415 e. The van der Waals surface area contributed by atoms with Crippen molar-refractivity contribution in [3.63, 3.8) is 0 Å². The number of imidazole rings is 1. The van der Waals surface area contributed by atoms with E-state index in [0.29, 0.717) is 35.1 Å². The number of hydrogen-bond donors (Lipinski definition) is 0. The number of fused-ring (bicyclic) bond motifs is 4. The molecule has 0 radical (unpaired) electrons. The molecule has 0 aliphatic heterocycles. The zero-order chi connectivity index (χ0) is 25.2. The van der Waals surface area contributed by atoms with Gasteiger partial charge in [-0.15, -0.1) is 11.3 Å². The molecule has 8 rings (SSSR count). The van der Waals surface area contributed by atoms with E-state index in [2.05, 4.69) is 30.3 Å². The number of oxazole rings is 1. The number of thiophene rings is 1. The molecule has 5 nitrogen and oxygen atoms in total. The number of carbonyl (C=O) groups excluding carboxylic acids is 1. The first-order valence-electron chi connectivity index (χ1n) is 12.4. The third-order valence-electron chi connectivity index (χ3n) is 7.09. The van der Waals surface area contributed by atoms with Crippen LogP contribution in [0.1, 0.15) is 21.7 Å². The summed E-state index contributed by atoms with van der Waals surface area (Å²) in [7, 11) is 0. The first kappa shape index (κ1) is 21.3. The van der Waals surface area contributed by atoms with E-state index >= 15 is 0 Å². The first-order valence-corrected chi connectivity index (χ1v) is 13.2. The summed E-state index contributed by atoms with van der Waals surface area (Å²) in [5, 5.41) is 3.37. The molecule has 3 heterocycles. The van der Waals surface area contributed by atoms with E-state index in [-0.39, 0.29) is 5.78 Å². The van der Waals surface area contributed by atoms with Crippen molar-refractivity contribution in [1.29, 1.82) is 0 Å². The lowest BCUT2D eigenvalue weighted by atomic mass is 10.0. The second-order valence-electron chi connectivity index (χ2n) is 9.47. The molecule has 0 N–H and O–H groups in total. The molecule has 0 atom stereocenters. The molecule has 0 bridgehead atoms. The van der Waals surface area contributed by atoms with Crippen LogP contribution in [0.5, 0.6) is 0 Å². The van der Waals surface area contributed by atoms with Crippen molar-refractivity contribution in [3.05, 3.63) is 120 Å². The molecule has 6 heteroatoms. The number of rotatable bonds is 3. The Bertz CT molecular complexity index is 2050. The van der Waals surface area contributed by atoms with Crippen LogP contribution in [0, 0.1) is 0 Å². The first-order chi connectivity index (χ1) is 18.7. The molecule has 0 unspecified atom stereocenters. The average molecular weight is 510 g/mol. The van der Waals surface area contributed by atoms with E-state index < -0.39 is 0 Å². The van der Waals surface area contributed by atoms with Crippen molar-refractivity contribution in [3.8, 4) is 16.5 Å². The van der Waals surface area contributed by atoms with Crippen molar-refractivity contribution in [2.45, 2.75) is 6.42 Å². The molecule has 4 aromatic carbocycles. The fraction of sp³-hybridized carbons (Fsp3) is 0.0312. The number of allylic oxidation sites excluding steroid dienone is 1. The van der Waals surface area contributed by atoms with E-state index in [0.717, 1.165) is 37.9 Å². The minimum atomic E-state index is 0.0453. The molecule has 0 saturated heterocycles. The van der Waals surface area contributed by atoms with Gasteiger partial charge in [-0.2, -0.15) is 9.97 Å². The Morgan fingerprint density at radius 2 is 1.55 bits per heavy atom. The van der Waals surface area contributed by atoms with Crippen molar-refractivity contribution in [2.24, 2.45) is 0 Å². The van der Waals surface area contributed by atoms with E-state index in [1.54, 1.807) is 11.3 Å². The molecule has 180 valence electrons. The lowest BCUT2D eigenvalue weighted by molar-refractivity contribution is 0.104. The molecule has 1 aliphatic rings. The van der Waals surface area contributed by atoms with Gasteiger partial charge in [0.2, 0.25) is 11.5 Å². The van der Waals surface area contributed by atoms with E-state index in [9.17, 15) is 4.79 Å². The highest BCUT2D eigenvalue weighted by Crippen LogP contribution is 2.36. The summed E-state index contributed by atoms with van der Waals surface area (Å²) in [5.41, 5.74) is 4.51. The van der Waals surface area contributed by atoms with Crippen LogP contribution in [0.3, 0.4) is 0 Å². The Kier molecular flexibility index (Phi) is 4.54. The molecule has 38 heavy (non-hydrogen) atoms. The van der Waals surface area contributed by atoms with Gasteiger partial charge in [-0.25, -0.2) is 0 Å². The minimum absolute atomic E-state index is 0.0453. The molecule has 1 aliphatic carbocycles. The summed E-state index contributed by atoms with van der Waals surface area (Å²) >= 11 is 1.65. The number of para-hydroxylation sites is 1. The summed E-state index contributed by atoms with van der Waals surface area (Å²) in [5.74, 6) is 1.22. The second kappa shape index (κ2) is 8.10. The predicted octanol–water partition coefficient (Wildman–Crippen LogP) is 7.87. The van der Waals surface area contributed by atoms with Gasteiger partial charge in [-0.1, -0.05) is 66.7 Å². The Morgan fingerprint density at radius 3 is 2.37 bits per heavy atom. The summed E-state index contributed by atoms with van der Waals surface area (Å²) in [6.45, 7) is 0. The SMILES string of the molecule is O=C1/C(=C\c2nc3oc(-c4cc5ccccc5s4)nc3n2-c2ccccc2)Cc2cc3ccccc3cc21. The fourth-order valence-electron chi connectivity index (χ4n) is 5.28. The number of nitrogens with zero attached hydrogens (tertiary/aromatic N) is 3. The van der Waals surface area contributed by atoms with Gasteiger partial charge in [0.25, 0.3) is 5.71 Å². The average Bonchev–Trinajstić information content (AvgIpc) is 3.70. The fourth-order valence-corrected chi connectivity index (χ4v) is 6.27. The Balaban J connectivity index is 1.26. The lowest BCUT2D eigenvalue weighted by Crippen LogP contribution is -2.01. The van der Waals surface area contributed by atoms with E-state index in [4.69, 9.17) is 14.4 Å². The molecular formula is C32H19N3O2S. The normalized spacial score (nSPS) is 14.3. The summed E-state index contributed by atoms with van der Waals surface area (Å²) < 4.78 is 9.33. The molecule has 0 fully saturated rings. The maximum atomic E-state index is 13.4. The third kappa shape index (κ3) is 3.27. The zero-order valence-electron chi connectivity index (χ0n) is 20.1. The lowest BCUT2D eigenvalue weighted by Gasteiger charge is -2.05. The van der Waals surface area contributed by atoms with Crippen molar-refractivity contribution in [2.75, 3.05) is 0 Å². The number of carbonyl (C=O) groups is 1. The maximum Gasteiger partial charge on any atom is 0.267 e. The standard InChI is InChI=1S/C32H19N3O2S/c36-29-23(15-22-14-19-8-4-5-9-20(19)16-25(22)29)18-28-33-32-30(35(28)24-11-2-1-3-12-24)34-31(37-32)27-17-21-10-6-7-13-26(21)38-27/h1-14,16-18H,15H2/b23-18-. The van der Waals surface area contributed by atoms with Gasteiger partial charge in [0.15, 0.2) is 5.78 Å². The summed E-state index contributed by atoms with van der Waals surface area (Å²) in [6, 6.07) is 32.6. The molecule has 0 spiro atoms. The molecule has 7 aromatic rings. The van der Waals surface area contributed by atoms with Crippen LogP contribution in [0.25, 0.3) is 54.8 Å². The van der Waals surface area contributed by atoms with Crippen molar-refractivity contribution in [1.82, 2.24) is 14.5 Å². The number of benzene rings is 4. The molecule has 0 amide bonds. The van der Waals surface area contributed by atoms with Gasteiger partial charge in [-0.3, -0.25) is 9.36 Å². The van der Waals surface area contributed by atoms with Crippen LogP contribution in [-0.4, -0.2) is 20.3 Å². The monoisotopic (exact) mass is 509 g/mol. The van der Waals surface area contributed by atoms with Gasteiger partial charge < -0.3 is 4.42 Å². The van der Waals surface area contributed by atoms with Gasteiger partial charge >= 0.3 is 0 Å². The molecule has 3 aromatic heterocycles. The van der Waals surface area contributed by atoms with Gasteiger partial charge in [-0.05, 0) is 58.1 Å². The highest BCUT2D eigenvalue weighted by Gasteiger charge is 2.27. The van der Waals surface area contributed by atoms with Crippen LogP contribution >= 0.6 is 11.3 Å². The van der Waals surface area contributed by atoms with Crippen LogP contribution in [0.2, 0.25) is 0 Å². The van der Waals surface area contributed by atoms with Crippen molar-refractivity contribution < 1.29 is 9.21 Å². The zero-order valence-corrected chi connectivity index (χ0v) is 20.9. The second-order valence-corrected chi connectivity index (χ2v) is 10.6. The summed E-state index contributed by atoms with van der Waals surface area (Å²) in [6.07, 6.45) is 2.46. The van der Waals surface area contributed by atoms with Crippen LogP contribution in [0.4, 0.5) is 0 Å². The number of Topliss-reactive ketones (excluding diaryl/α,β-unsaturated/α-hetero) is 1. The van der Waals surface area contributed by atoms with Gasteiger partial charge in [0, 0.05) is 27.9 Å². The molecule has 0 saturated carbocycles. The number of ketones is 1. The summed E-state index contributed by atoms with van der Waals surface area (Å²) in [4.78, 5) is 24.1. The molecular weight excluding hydrogens is 490 g/mol. The van der Waals surface area contributed by atoms with Crippen LogP contribution < -0.4 is 0 Å². The van der Waals surface area contributed by atoms with Gasteiger partial charge in [0.05, 0.1) is 4.88 Å². The number of hydrogen-bond acceptors (Lipinski definition) is 5. The minimum Gasteiger partial charge on any atom is -0.415 e. The number of aromatic nitrogens is 3. The Morgan fingerprint density at radius 1 is 0.816 bits per heavy atom. The van der Waals surface area contributed by atoms with E-state index in [1.807, 2.05) is 77.4 Å². The van der Waals surface area contributed by atoms with Crippen LogP contribution in [-0.2, 0) is 6.42 Å². The highest BCUT2D eigenvalue weighted by atomic mass is 32.1. The smallest absolute Gasteiger partial charge is 0.267 e. The Labute approximate surface area is 221 Å². The predicted molar refractivity (Wildman–Crippen MR) is 152 cm³/mol. The highest BCUT2D eigenvalue weighted by molar-refractivity contribution is 7.22. The third-order valence-corrected chi connectivity index (χ3v) is 8.20. The van der Waals surface area contributed by atoms with Crippen LogP contribution in [0.15, 0.2) is 107 Å². The van der Waals surface area contributed by atoms with Crippen molar-refractivity contribution >= 4 is 55.4 Å². The van der Waals surface area contributed by atoms with Gasteiger partial charge in [0.1, 0.15) is 5.82 Å².